The summed E-state index contributed by atoms with van der Waals surface area (Å²) in [5.41, 5.74) is 1.33. The maximum absolute atomic E-state index is 12.8. The van der Waals surface area contributed by atoms with E-state index in [1.807, 2.05) is 20.0 Å². The van der Waals surface area contributed by atoms with Gasteiger partial charge in [0.1, 0.15) is 30.0 Å². The molecule has 32 heavy (non-hydrogen) atoms. The third-order valence-corrected chi connectivity index (χ3v) is 5.84. The third kappa shape index (κ3) is 3.85. The average molecular weight is 444 g/mol. The van der Waals surface area contributed by atoms with Crippen molar-refractivity contribution in [2.45, 2.75) is 38.6 Å². The number of piperidine rings is 1. The summed E-state index contributed by atoms with van der Waals surface area (Å²) in [6, 6.07) is 6.93. The number of hydrogen-bond donors (Lipinski definition) is 0. The molecule has 1 aromatic carbocycles. The van der Waals surface area contributed by atoms with Crippen LogP contribution in [0.15, 0.2) is 36.7 Å². The second-order valence-electron chi connectivity index (χ2n) is 8.15. The standard InChI is InChI=1S/C22H23F3N6O/c1-14-27-20-17(12-26-29(20)2)21(28-14)30-9-6-15(7-10-30)32-19-5-3-4-18-16(19)8-11-31(18)13-22(23,24)25/h3-5,8,11-12,15H,6-7,9-10,13H2,1-2H3. The van der Waals surface area contributed by atoms with Gasteiger partial charge >= 0.3 is 6.18 Å². The average Bonchev–Trinajstić information content (AvgIpc) is 3.31. The molecule has 4 heterocycles. The van der Waals surface area contributed by atoms with Gasteiger partial charge in [-0.05, 0) is 25.1 Å². The molecule has 4 aromatic rings. The molecular formula is C22H23F3N6O. The van der Waals surface area contributed by atoms with Gasteiger partial charge in [-0.25, -0.2) is 9.97 Å². The fourth-order valence-corrected chi connectivity index (χ4v) is 4.35. The zero-order chi connectivity index (χ0) is 22.5. The first-order valence-electron chi connectivity index (χ1n) is 10.5. The molecular weight excluding hydrogens is 421 g/mol. The van der Waals surface area contributed by atoms with E-state index in [-0.39, 0.29) is 6.10 Å². The predicted octanol–water partition coefficient (Wildman–Crippen LogP) is 4.24. The Morgan fingerprint density at radius 2 is 1.88 bits per heavy atom. The van der Waals surface area contributed by atoms with Gasteiger partial charge in [0, 0.05) is 44.6 Å². The molecule has 0 bridgehead atoms. The van der Waals surface area contributed by atoms with Crippen LogP contribution >= 0.6 is 0 Å². The lowest BCUT2D eigenvalue weighted by molar-refractivity contribution is -0.139. The van der Waals surface area contributed by atoms with Crippen LogP contribution in [0.25, 0.3) is 21.9 Å². The van der Waals surface area contributed by atoms with Gasteiger partial charge in [-0.1, -0.05) is 6.07 Å². The first-order valence-corrected chi connectivity index (χ1v) is 10.5. The highest BCUT2D eigenvalue weighted by molar-refractivity contribution is 5.87. The van der Waals surface area contributed by atoms with Gasteiger partial charge in [0.05, 0.1) is 17.1 Å². The summed E-state index contributed by atoms with van der Waals surface area (Å²) in [5, 5.41) is 5.93. The lowest BCUT2D eigenvalue weighted by Crippen LogP contribution is -2.39. The van der Waals surface area contributed by atoms with E-state index in [0.717, 1.165) is 42.8 Å². The largest absolute Gasteiger partial charge is 0.490 e. The second kappa shape index (κ2) is 7.68. The van der Waals surface area contributed by atoms with Crippen LogP contribution in [0.2, 0.25) is 0 Å². The van der Waals surface area contributed by atoms with Gasteiger partial charge in [-0.3, -0.25) is 4.68 Å². The van der Waals surface area contributed by atoms with Gasteiger partial charge in [0.15, 0.2) is 5.65 Å². The molecule has 10 heteroatoms. The monoisotopic (exact) mass is 444 g/mol. The Bertz CT molecular complexity index is 1270. The molecule has 168 valence electrons. The van der Waals surface area contributed by atoms with E-state index in [1.165, 1.54) is 10.8 Å². The number of halogens is 3. The van der Waals surface area contributed by atoms with Crippen LogP contribution in [0.4, 0.5) is 19.0 Å². The van der Waals surface area contributed by atoms with Crippen molar-refractivity contribution in [3.05, 3.63) is 42.5 Å². The van der Waals surface area contributed by atoms with Crippen molar-refractivity contribution in [2.24, 2.45) is 7.05 Å². The predicted molar refractivity (Wildman–Crippen MR) is 115 cm³/mol. The number of ether oxygens (including phenoxy) is 1. The third-order valence-electron chi connectivity index (χ3n) is 5.84. The molecule has 1 fully saturated rings. The van der Waals surface area contributed by atoms with Crippen molar-refractivity contribution in [1.82, 2.24) is 24.3 Å². The quantitative estimate of drug-likeness (QED) is 0.471. The Labute approximate surface area is 182 Å². The van der Waals surface area contributed by atoms with E-state index >= 15 is 0 Å². The molecule has 0 amide bonds. The van der Waals surface area contributed by atoms with Gasteiger partial charge in [0.2, 0.25) is 0 Å². The van der Waals surface area contributed by atoms with Crippen LogP contribution in [-0.2, 0) is 13.6 Å². The van der Waals surface area contributed by atoms with Crippen molar-refractivity contribution in [3.63, 3.8) is 0 Å². The van der Waals surface area contributed by atoms with Crippen molar-refractivity contribution >= 4 is 27.8 Å². The number of benzene rings is 1. The number of fused-ring (bicyclic) bond motifs is 2. The molecule has 0 radical (unpaired) electrons. The highest BCUT2D eigenvalue weighted by Gasteiger charge is 2.29. The molecule has 0 aliphatic carbocycles. The fourth-order valence-electron chi connectivity index (χ4n) is 4.35. The number of anilines is 1. The van der Waals surface area contributed by atoms with Gasteiger partial charge in [-0.15, -0.1) is 0 Å². The zero-order valence-electron chi connectivity index (χ0n) is 17.8. The number of rotatable bonds is 4. The highest BCUT2D eigenvalue weighted by atomic mass is 19.4. The van der Waals surface area contributed by atoms with Crippen LogP contribution < -0.4 is 9.64 Å². The normalized spacial score (nSPS) is 15.7. The first kappa shape index (κ1) is 20.6. The van der Waals surface area contributed by atoms with Crippen LogP contribution in [0.5, 0.6) is 5.75 Å². The SMILES string of the molecule is Cc1nc(N2CCC(Oc3cccc4c3ccn4CC(F)(F)F)CC2)c2cnn(C)c2n1. The van der Waals surface area contributed by atoms with E-state index in [9.17, 15) is 13.2 Å². The number of aromatic nitrogens is 5. The second-order valence-corrected chi connectivity index (χ2v) is 8.15. The summed E-state index contributed by atoms with van der Waals surface area (Å²) in [7, 11) is 1.86. The molecule has 1 saturated heterocycles. The van der Waals surface area contributed by atoms with Crippen molar-refractivity contribution < 1.29 is 17.9 Å². The minimum atomic E-state index is -4.27. The summed E-state index contributed by atoms with van der Waals surface area (Å²) < 4.78 is 47.7. The molecule has 1 aliphatic heterocycles. The fraction of sp³-hybridized carbons (Fsp3) is 0.409. The Morgan fingerprint density at radius 1 is 1.09 bits per heavy atom. The van der Waals surface area contributed by atoms with E-state index in [1.54, 1.807) is 29.1 Å². The van der Waals surface area contributed by atoms with Crippen molar-refractivity contribution in [1.29, 1.82) is 0 Å². The first-order chi connectivity index (χ1) is 15.3. The lowest BCUT2D eigenvalue weighted by atomic mass is 10.1. The molecule has 3 aromatic heterocycles. The number of nitrogens with zero attached hydrogens (tertiary/aromatic N) is 6. The summed E-state index contributed by atoms with van der Waals surface area (Å²) >= 11 is 0. The number of alkyl halides is 3. The van der Waals surface area contributed by atoms with Gasteiger partial charge in [0.25, 0.3) is 0 Å². The molecule has 7 nitrogen and oxygen atoms in total. The van der Waals surface area contributed by atoms with Crippen molar-refractivity contribution in [3.8, 4) is 5.75 Å². The van der Waals surface area contributed by atoms with Crippen LogP contribution in [0.1, 0.15) is 18.7 Å². The topological polar surface area (TPSA) is 61.0 Å². The summed E-state index contributed by atoms with van der Waals surface area (Å²) in [6.45, 7) is 2.38. The summed E-state index contributed by atoms with van der Waals surface area (Å²) in [6.07, 6.45) is 0.530. The molecule has 0 atom stereocenters. The van der Waals surface area contributed by atoms with E-state index in [4.69, 9.17) is 4.74 Å². The summed E-state index contributed by atoms with van der Waals surface area (Å²) in [4.78, 5) is 11.3. The van der Waals surface area contributed by atoms with Gasteiger partial charge < -0.3 is 14.2 Å². The molecule has 0 saturated carbocycles. The smallest absolute Gasteiger partial charge is 0.406 e. The highest BCUT2D eigenvalue weighted by Crippen LogP contribution is 2.32. The van der Waals surface area contributed by atoms with E-state index in [2.05, 4.69) is 20.0 Å². The zero-order valence-corrected chi connectivity index (χ0v) is 17.8. The molecule has 0 spiro atoms. The molecule has 5 rings (SSSR count). The maximum Gasteiger partial charge on any atom is 0.406 e. The molecule has 0 N–H and O–H groups in total. The Balaban J connectivity index is 1.31. The summed E-state index contributed by atoms with van der Waals surface area (Å²) in [5.74, 6) is 2.20. The van der Waals surface area contributed by atoms with Crippen LogP contribution in [0, 0.1) is 6.92 Å². The Kier molecular flexibility index (Phi) is 4.94. The molecule has 1 aliphatic rings. The number of hydrogen-bond acceptors (Lipinski definition) is 5. The minimum Gasteiger partial charge on any atom is -0.490 e. The van der Waals surface area contributed by atoms with E-state index < -0.39 is 12.7 Å². The Hall–Kier alpha value is -3.30. The maximum atomic E-state index is 12.8. The van der Waals surface area contributed by atoms with Gasteiger partial charge in [-0.2, -0.15) is 18.3 Å². The van der Waals surface area contributed by atoms with Crippen molar-refractivity contribution in [2.75, 3.05) is 18.0 Å². The van der Waals surface area contributed by atoms with Crippen LogP contribution in [0.3, 0.4) is 0 Å². The number of aryl methyl sites for hydroxylation is 2. The van der Waals surface area contributed by atoms with Crippen LogP contribution in [-0.4, -0.2) is 49.7 Å². The Morgan fingerprint density at radius 3 is 2.62 bits per heavy atom. The molecule has 0 unspecified atom stereocenters. The lowest BCUT2D eigenvalue weighted by Gasteiger charge is -2.33. The minimum absolute atomic E-state index is 0.0184. The van der Waals surface area contributed by atoms with E-state index in [0.29, 0.717) is 22.5 Å².